The highest BCUT2D eigenvalue weighted by Crippen LogP contribution is 2.36. The first-order chi connectivity index (χ1) is 17.4. The molecule has 0 saturated heterocycles. The third kappa shape index (κ3) is 7.28. The topological polar surface area (TPSA) is 72.5 Å². The minimum Gasteiger partial charge on any atom is -0.497 e. The molecule has 198 valence electrons. The zero-order valence-electron chi connectivity index (χ0n) is 19.7. The van der Waals surface area contributed by atoms with Crippen LogP contribution in [0.4, 0.5) is 31.1 Å². The van der Waals surface area contributed by atoms with Crippen molar-refractivity contribution >= 4 is 6.03 Å². The van der Waals surface area contributed by atoms with Crippen LogP contribution in [0.5, 0.6) is 11.5 Å². The number of carbonyl (C=O) groups excluding carboxylic acids is 1. The SMILES string of the molecule is COc1cc(CCNC(=O)NC(c2ccc(C(F)(F)F)cc2)c2ncccc2C(F)(F)F)cc(OC)c1. The van der Waals surface area contributed by atoms with E-state index in [1.54, 1.807) is 18.2 Å². The molecule has 3 aromatic rings. The highest BCUT2D eigenvalue weighted by Gasteiger charge is 2.37. The Bertz CT molecular complexity index is 1190. The van der Waals surface area contributed by atoms with Crippen molar-refractivity contribution in [2.75, 3.05) is 20.8 Å². The molecule has 2 aromatic carbocycles. The van der Waals surface area contributed by atoms with Gasteiger partial charge in [-0.2, -0.15) is 26.3 Å². The van der Waals surface area contributed by atoms with Crippen molar-refractivity contribution in [3.8, 4) is 11.5 Å². The van der Waals surface area contributed by atoms with E-state index in [1.165, 1.54) is 14.2 Å². The summed E-state index contributed by atoms with van der Waals surface area (Å²) in [5.41, 5.74) is -1.90. The van der Waals surface area contributed by atoms with Gasteiger partial charge in [0.25, 0.3) is 0 Å². The summed E-state index contributed by atoms with van der Waals surface area (Å²) in [4.78, 5) is 16.5. The standard InChI is InChI=1S/C25H23F6N3O3/c1-36-18-12-15(13-19(14-18)37-2)9-11-33-23(35)34-21(16-5-7-17(8-6-16)24(26,27)28)22-20(25(29,30)31)4-3-10-32-22/h3-8,10,12-14,21H,9,11H2,1-2H3,(H2,33,34,35). The molecule has 2 amide bonds. The van der Waals surface area contributed by atoms with Crippen molar-refractivity contribution in [1.29, 1.82) is 0 Å². The van der Waals surface area contributed by atoms with Gasteiger partial charge in [-0.05, 0) is 53.9 Å². The van der Waals surface area contributed by atoms with E-state index in [1.807, 2.05) is 0 Å². The summed E-state index contributed by atoms with van der Waals surface area (Å²) < 4.78 is 90.3. The number of carbonyl (C=O) groups is 1. The Balaban J connectivity index is 1.83. The van der Waals surface area contributed by atoms with Crippen molar-refractivity contribution in [2.24, 2.45) is 0 Å². The van der Waals surface area contributed by atoms with Crippen molar-refractivity contribution < 1.29 is 40.6 Å². The summed E-state index contributed by atoms with van der Waals surface area (Å²) in [6.07, 6.45) is -8.00. The maximum Gasteiger partial charge on any atom is 0.418 e. The Kier molecular flexibility index (Phi) is 8.51. The molecule has 6 nitrogen and oxygen atoms in total. The van der Waals surface area contributed by atoms with E-state index in [0.29, 0.717) is 17.9 Å². The Morgan fingerprint density at radius 3 is 2.08 bits per heavy atom. The summed E-state index contributed by atoms with van der Waals surface area (Å²) in [5.74, 6) is 1.08. The number of ether oxygens (including phenoxy) is 2. The molecular formula is C25H23F6N3O3. The van der Waals surface area contributed by atoms with Gasteiger partial charge in [-0.15, -0.1) is 0 Å². The van der Waals surface area contributed by atoms with Gasteiger partial charge in [-0.1, -0.05) is 12.1 Å². The Labute approximate surface area is 208 Å². The fourth-order valence-electron chi connectivity index (χ4n) is 3.57. The largest absolute Gasteiger partial charge is 0.497 e. The lowest BCUT2D eigenvalue weighted by molar-refractivity contribution is -0.139. The summed E-state index contributed by atoms with van der Waals surface area (Å²) in [6.45, 7) is 0.0935. The van der Waals surface area contributed by atoms with Gasteiger partial charge in [0.2, 0.25) is 0 Å². The molecule has 0 spiro atoms. The van der Waals surface area contributed by atoms with Crippen LogP contribution in [0.1, 0.15) is 34.0 Å². The average Bonchev–Trinajstić information content (AvgIpc) is 2.86. The first-order valence-electron chi connectivity index (χ1n) is 10.9. The highest BCUT2D eigenvalue weighted by atomic mass is 19.4. The second kappa shape index (κ2) is 11.4. The predicted molar refractivity (Wildman–Crippen MR) is 122 cm³/mol. The van der Waals surface area contributed by atoms with Gasteiger partial charge in [0, 0.05) is 18.8 Å². The number of urea groups is 1. The number of amides is 2. The number of pyridine rings is 1. The van der Waals surface area contributed by atoms with Crippen LogP contribution < -0.4 is 20.1 Å². The molecule has 0 saturated carbocycles. The van der Waals surface area contributed by atoms with Gasteiger partial charge >= 0.3 is 18.4 Å². The molecule has 12 heteroatoms. The molecule has 1 unspecified atom stereocenters. The molecule has 1 heterocycles. The van der Waals surface area contributed by atoms with E-state index in [-0.39, 0.29) is 12.1 Å². The molecular weight excluding hydrogens is 504 g/mol. The lowest BCUT2D eigenvalue weighted by Gasteiger charge is -2.23. The minimum atomic E-state index is -4.81. The van der Waals surface area contributed by atoms with Crippen LogP contribution in [0.3, 0.4) is 0 Å². The molecule has 0 fully saturated rings. The average molecular weight is 527 g/mol. The van der Waals surface area contributed by atoms with E-state index in [2.05, 4.69) is 15.6 Å². The number of nitrogens with one attached hydrogen (secondary N) is 2. The van der Waals surface area contributed by atoms with E-state index >= 15 is 0 Å². The van der Waals surface area contributed by atoms with Crippen LogP contribution in [0.15, 0.2) is 60.8 Å². The first kappa shape index (κ1) is 27.6. The number of hydrogen-bond donors (Lipinski definition) is 2. The molecule has 1 atom stereocenters. The fraction of sp³-hybridized carbons (Fsp3) is 0.280. The van der Waals surface area contributed by atoms with E-state index < -0.39 is 41.2 Å². The Hall–Kier alpha value is -3.96. The van der Waals surface area contributed by atoms with E-state index in [0.717, 1.165) is 48.2 Å². The minimum absolute atomic E-state index is 0.00937. The summed E-state index contributed by atoms with van der Waals surface area (Å²) >= 11 is 0. The second-order valence-corrected chi connectivity index (χ2v) is 7.86. The summed E-state index contributed by atoms with van der Waals surface area (Å²) in [7, 11) is 2.97. The predicted octanol–water partition coefficient (Wildman–Crippen LogP) is 5.77. The molecule has 3 rings (SSSR count). The van der Waals surface area contributed by atoms with E-state index in [9.17, 15) is 31.1 Å². The zero-order valence-corrected chi connectivity index (χ0v) is 19.7. The van der Waals surface area contributed by atoms with Gasteiger partial charge in [0.15, 0.2) is 0 Å². The molecule has 0 aliphatic heterocycles. The third-order valence-electron chi connectivity index (χ3n) is 5.37. The number of benzene rings is 2. The normalized spacial score (nSPS) is 12.5. The number of rotatable bonds is 8. The molecule has 0 radical (unpaired) electrons. The summed E-state index contributed by atoms with van der Waals surface area (Å²) in [6, 6.07) is 8.17. The first-order valence-corrected chi connectivity index (χ1v) is 10.9. The molecule has 37 heavy (non-hydrogen) atoms. The Morgan fingerprint density at radius 1 is 0.919 bits per heavy atom. The lowest BCUT2D eigenvalue weighted by Crippen LogP contribution is -2.40. The van der Waals surface area contributed by atoms with Gasteiger partial charge in [-0.25, -0.2) is 4.79 Å². The van der Waals surface area contributed by atoms with Crippen LogP contribution >= 0.6 is 0 Å². The van der Waals surface area contributed by atoms with Crippen LogP contribution in [0, 0.1) is 0 Å². The van der Waals surface area contributed by atoms with Crippen molar-refractivity contribution in [3.05, 3.63) is 88.7 Å². The molecule has 0 aliphatic carbocycles. The van der Waals surface area contributed by atoms with Crippen LogP contribution in [0.2, 0.25) is 0 Å². The number of halogens is 6. The van der Waals surface area contributed by atoms with Crippen LogP contribution in [-0.4, -0.2) is 31.8 Å². The van der Waals surface area contributed by atoms with Crippen molar-refractivity contribution in [2.45, 2.75) is 24.8 Å². The Morgan fingerprint density at radius 2 is 1.54 bits per heavy atom. The number of aromatic nitrogens is 1. The highest BCUT2D eigenvalue weighted by molar-refractivity contribution is 5.75. The number of alkyl halides is 6. The third-order valence-corrected chi connectivity index (χ3v) is 5.37. The fourth-order valence-corrected chi connectivity index (χ4v) is 3.57. The van der Waals surface area contributed by atoms with Gasteiger partial charge < -0.3 is 20.1 Å². The molecule has 1 aromatic heterocycles. The monoisotopic (exact) mass is 527 g/mol. The smallest absolute Gasteiger partial charge is 0.418 e. The second-order valence-electron chi connectivity index (χ2n) is 7.86. The van der Waals surface area contributed by atoms with Crippen LogP contribution in [-0.2, 0) is 18.8 Å². The number of methoxy groups -OCH3 is 2. The zero-order chi connectivity index (χ0) is 27.2. The quantitative estimate of drug-likeness (QED) is 0.365. The number of hydrogen-bond acceptors (Lipinski definition) is 4. The summed E-state index contributed by atoms with van der Waals surface area (Å²) in [5, 5.41) is 4.96. The molecule has 2 N–H and O–H groups in total. The van der Waals surface area contributed by atoms with Crippen molar-refractivity contribution in [1.82, 2.24) is 15.6 Å². The maximum atomic E-state index is 13.7. The van der Waals surface area contributed by atoms with Gasteiger partial charge in [0.1, 0.15) is 11.5 Å². The van der Waals surface area contributed by atoms with Crippen molar-refractivity contribution in [3.63, 3.8) is 0 Å². The van der Waals surface area contributed by atoms with Gasteiger partial charge in [-0.3, -0.25) is 4.98 Å². The lowest BCUT2D eigenvalue weighted by atomic mass is 9.98. The number of nitrogens with zero attached hydrogens (tertiary/aromatic N) is 1. The van der Waals surface area contributed by atoms with Gasteiger partial charge in [0.05, 0.1) is 37.1 Å². The molecule has 0 aliphatic rings. The van der Waals surface area contributed by atoms with Crippen LogP contribution in [0.25, 0.3) is 0 Å². The van der Waals surface area contributed by atoms with E-state index in [4.69, 9.17) is 9.47 Å². The maximum absolute atomic E-state index is 13.7. The molecule has 0 bridgehead atoms.